The maximum absolute atomic E-state index is 5.85. The fourth-order valence-corrected chi connectivity index (χ4v) is 3.41. The average Bonchev–Trinajstić information content (AvgIpc) is 2.87. The van der Waals surface area contributed by atoms with E-state index < -0.39 is 8.32 Å². The van der Waals surface area contributed by atoms with Gasteiger partial charge in [-0.25, -0.2) is 0 Å². The van der Waals surface area contributed by atoms with E-state index in [1.807, 2.05) is 0 Å². The lowest BCUT2D eigenvalue weighted by atomic mass is 10.5. The summed E-state index contributed by atoms with van der Waals surface area (Å²) in [5, 5.41) is 0. The molecule has 1 aliphatic rings. The third kappa shape index (κ3) is 5.75. The molecule has 0 N–H and O–H groups in total. The second-order valence-electron chi connectivity index (χ2n) is 4.39. The van der Waals surface area contributed by atoms with Crippen molar-refractivity contribution in [2.24, 2.45) is 0 Å². The summed E-state index contributed by atoms with van der Waals surface area (Å²) in [7, 11) is -1.38. The summed E-state index contributed by atoms with van der Waals surface area (Å²) in [6, 6.07) is 1.23. The van der Waals surface area contributed by atoms with Crippen molar-refractivity contribution in [3.8, 4) is 0 Å². The van der Waals surface area contributed by atoms with Crippen molar-refractivity contribution in [2.45, 2.75) is 38.6 Å². The molecule has 1 unspecified atom stereocenters. The Hall–Kier alpha value is 0.0969. The van der Waals surface area contributed by atoms with Crippen molar-refractivity contribution in [3.05, 3.63) is 0 Å². The van der Waals surface area contributed by atoms with E-state index in [4.69, 9.17) is 13.9 Å². The van der Waals surface area contributed by atoms with E-state index >= 15 is 0 Å². The molecular formula is C10H22O3Si. The Morgan fingerprint density at radius 3 is 2.64 bits per heavy atom. The van der Waals surface area contributed by atoms with E-state index in [2.05, 4.69) is 20.0 Å². The molecule has 14 heavy (non-hydrogen) atoms. The monoisotopic (exact) mass is 218 g/mol. The molecule has 1 aliphatic heterocycles. The van der Waals surface area contributed by atoms with Crippen molar-refractivity contribution in [1.82, 2.24) is 0 Å². The van der Waals surface area contributed by atoms with Crippen LogP contribution in [0.1, 0.15) is 13.3 Å². The van der Waals surface area contributed by atoms with Crippen LogP contribution >= 0.6 is 0 Å². The van der Waals surface area contributed by atoms with Crippen LogP contribution in [0.5, 0.6) is 0 Å². The molecular weight excluding hydrogens is 196 g/mol. The Morgan fingerprint density at radius 2 is 2.07 bits per heavy atom. The third-order valence-corrected chi connectivity index (χ3v) is 4.97. The maximum Gasteiger partial charge on any atom is 0.186 e. The number of rotatable bonds is 8. The summed E-state index contributed by atoms with van der Waals surface area (Å²) >= 11 is 0. The zero-order chi connectivity index (χ0) is 10.4. The second kappa shape index (κ2) is 5.85. The highest BCUT2D eigenvalue weighted by Gasteiger charge is 2.23. The average molecular weight is 218 g/mol. The summed E-state index contributed by atoms with van der Waals surface area (Å²) in [5.74, 6) is 0. The van der Waals surface area contributed by atoms with Crippen molar-refractivity contribution in [2.75, 3.05) is 26.4 Å². The van der Waals surface area contributed by atoms with Gasteiger partial charge in [-0.3, -0.25) is 0 Å². The summed E-state index contributed by atoms with van der Waals surface area (Å²) in [6.45, 7) is 9.79. The number of ether oxygens (including phenoxy) is 2. The van der Waals surface area contributed by atoms with Crippen molar-refractivity contribution in [1.29, 1.82) is 0 Å². The predicted octanol–water partition coefficient (Wildman–Crippen LogP) is 2.03. The number of hydrogen-bond donors (Lipinski definition) is 0. The smallest absolute Gasteiger partial charge is 0.186 e. The predicted molar refractivity (Wildman–Crippen MR) is 59.1 cm³/mol. The zero-order valence-corrected chi connectivity index (χ0v) is 10.5. The van der Waals surface area contributed by atoms with E-state index in [0.717, 1.165) is 19.8 Å². The number of epoxide rings is 1. The summed E-state index contributed by atoms with van der Waals surface area (Å²) in [6.07, 6.45) is 1.59. The molecule has 0 bridgehead atoms. The van der Waals surface area contributed by atoms with Crippen LogP contribution in [0.3, 0.4) is 0 Å². The van der Waals surface area contributed by atoms with Gasteiger partial charge in [0.25, 0.3) is 0 Å². The Balaban J connectivity index is 1.90. The van der Waals surface area contributed by atoms with E-state index in [1.165, 1.54) is 12.5 Å². The van der Waals surface area contributed by atoms with E-state index in [-0.39, 0.29) is 0 Å². The van der Waals surface area contributed by atoms with Crippen molar-refractivity contribution >= 4 is 8.32 Å². The molecule has 4 heteroatoms. The minimum atomic E-state index is -1.38. The van der Waals surface area contributed by atoms with Crippen LogP contribution in [0, 0.1) is 0 Å². The molecule has 0 aromatic heterocycles. The highest BCUT2D eigenvalue weighted by Crippen LogP contribution is 2.13. The lowest BCUT2D eigenvalue weighted by Gasteiger charge is -2.21. The van der Waals surface area contributed by atoms with E-state index in [0.29, 0.717) is 12.7 Å². The van der Waals surface area contributed by atoms with Gasteiger partial charge in [-0.15, -0.1) is 0 Å². The third-order valence-electron chi connectivity index (χ3n) is 2.28. The van der Waals surface area contributed by atoms with Crippen LogP contribution in [0.15, 0.2) is 0 Å². The molecule has 0 spiro atoms. The van der Waals surface area contributed by atoms with E-state index in [1.54, 1.807) is 0 Å². The van der Waals surface area contributed by atoms with Gasteiger partial charge in [0.2, 0.25) is 0 Å². The first-order valence-corrected chi connectivity index (χ1v) is 8.59. The highest BCUT2D eigenvalue weighted by molar-refractivity contribution is 6.71. The lowest BCUT2D eigenvalue weighted by molar-refractivity contribution is 0.0854. The summed E-state index contributed by atoms with van der Waals surface area (Å²) < 4.78 is 16.3. The van der Waals surface area contributed by atoms with Gasteiger partial charge in [0.05, 0.1) is 26.4 Å². The molecule has 0 aliphatic carbocycles. The largest absolute Gasteiger partial charge is 0.415 e. The fraction of sp³-hybridized carbons (Fsp3) is 1.00. The van der Waals surface area contributed by atoms with Gasteiger partial charge in [0.1, 0.15) is 6.10 Å². The van der Waals surface area contributed by atoms with E-state index in [9.17, 15) is 0 Å². The molecule has 0 aromatic rings. The van der Waals surface area contributed by atoms with Gasteiger partial charge in [-0.2, -0.15) is 0 Å². The first-order valence-electron chi connectivity index (χ1n) is 5.47. The molecule has 1 heterocycles. The first-order chi connectivity index (χ1) is 6.64. The lowest BCUT2D eigenvalue weighted by Crippen LogP contribution is -2.31. The topological polar surface area (TPSA) is 31.0 Å². The van der Waals surface area contributed by atoms with Gasteiger partial charge < -0.3 is 13.9 Å². The molecule has 3 nitrogen and oxygen atoms in total. The van der Waals surface area contributed by atoms with Crippen LogP contribution in [0.25, 0.3) is 0 Å². The minimum absolute atomic E-state index is 0.371. The first kappa shape index (κ1) is 12.2. The number of hydrogen-bond acceptors (Lipinski definition) is 3. The molecule has 1 saturated heterocycles. The Kier molecular flexibility index (Phi) is 5.09. The summed E-state index contributed by atoms with van der Waals surface area (Å²) in [4.78, 5) is 0. The van der Waals surface area contributed by atoms with Gasteiger partial charge in [-0.1, -0.05) is 13.3 Å². The van der Waals surface area contributed by atoms with Gasteiger partial charge in [-0.05, 0) is 19.1 Å². The van der Waals surface area contributed by atoms with Crippen LogP contribution in [0.4, 0.5) is 0 Å². The Bertz CT molecular complexity index is 157. The standard InChI is InChI=1S/C10H22O3Si/c1-4-7-14(2,3)13-6-5-11-8-10-9-12-10/h10H,4-9H2,1-3H3. The second-order valence-corrected chi connectivity index (χ2v) is 8.70. The van der Waals surface area contributed by atoms with Crippen LogP contribution in [0.2, 0.25) is 19.1 Å². The fourth-order valence-electron chi connectivity index (χ4n) is 1.43. The normalized spacial score (nSPS) is 21.2. The molecule has 0 aromatic carbocycles. The van der Waals surface area contributed by atoms with Crippen LogP contribution in [-0.4, -0.2) is 40.8 Å². The molecule has 1 rings (SSSR count). The zero-order valence-electron chi connectivity index (χ0n) is 9.54. The van der Waals surface area contributed by atoms with Crippen LogP contribution in [-0.2, 0) is 13.9 Å². The highest BCUT2D eigenvalue weighted by atomic mass is 28.4. The molecule has 1 fully saturated rings. The van der Waals surface area contributed by atoms with Gasteiger partial charge in [0, 0.05) is 0 Å². The maximum atomic E-state index is 5.85. The molecule has 0 amide bonds. The molecule has 1 atom stereocenters. The van der Waals surface area contributed by atoms with Gasteiger partial charge in [0.15, 0.2) is 8.32 Å². The van der Waals surface area contributed by atoms with Crippen LogP contribution < -0.4 is 0 Å². The van der Waals surface area contributed by atoms with Crippen molar-refractivity contribution < 1.29 is 13.9 Å². The SMILES string of the molecule is CCC[Si](C)(C)OCCOCC1CO1. The summed E-state index contributed by atoms with van der Waals surface area (Å²) in [5.41, 5.74) is 0. The quantitative estimate of drug-likeness (QED) is 0.355. The minimum Gasteiger partial charge on any atom is -0.415 e. The van der Waals surface area contributed by atoms with Crippen molar-refractivity contribution in [3.63, 3.8) is 0 Å². The molecule has 84 valence electrons. The molecule has 0 radical (unpaired) electrons. The van der Waals surface area contributed by atoms with Gasteiger partial charge >= 0.3 is 0 Å². The molecule has 0 saturated carbocycles. The Morgan fingerprint density at radius 1 is 1.36 bits per heavy atom. The Labute approximate surface area is 87.9 Å².